The van der Waals surface area contributed by atoms with Gasteiger partial charge >= 0.3 is 0 Å². The highest BCUT2D eigenvalue weighted by molar-refractivity contribution is 7.84. The number of hydrogen-bond donors (Lipinski definition) is 3. The highest BCUT2D eigenvalue weighted by Gasteiger charge is 2.24. The van der Waals surface area contributed by atoms with Crippen molar-refractivity contribution >= 4 is 28.5 Å². The minimum absolute atomic E-state index is 0.156. The molecule has 4 rings (SSSR count). The van der Waals surface area contributed by atoms with Gasteiger partial charge in [-0.25, -0.2) is 13.5 Å². The number of nitrogens with zero attached hydrogens (tertiary/aromatic N) is 1. The Morgan fingerprint density at radius 3 is 2.66 bits per heavy atom. The van der Waals surface area contributed by atoms with Crippen LogP contribution in [0.4, 0.5) is 14.5 Å². The van der Waals surface area contributed by atoms with Crippen molar-refractivity contribution in [3.63, 3.8) is 0 Å². The summed E-state index contributed by atoms with van der Waals surface area (Å²) < 4.78 is 40.0. The third-order valence-electron chi connectivity index (χ3n) is 4.66. The normalized spacial score (nSPS) is 18.2. The van der Waals surface area contributed by atoms with E-state index in [1.807, 2.05) is 42.5 Å². The van der Waals surface area contributed by atoms with E-state index in [1.165, 1.54) is 6.07 Å². The van der Waals surface area contributed by atoms with Crippen molar-refractivity contribution in [3.05, 3.63) is 89.3 Å². The van der Waals surface area contributed by atoms with Gasteiger partial charge in [0.05, 0.1) is 10.9 Å². The van der Waals surface area contributed by atoms with E-state index in [0.717, 1.165) is 17.7 Å². The third-order valence-corrected chi connectivity index (χ3v) is 5.91. The molecule has 0 saturated heterocycles. The molecule has 2 heterocycles. The summed E-state index contributed by atoms with van der Waals surface area (Å²) in [5.74, 6) is -2.47. The lowest BCUT2D eigenvalue weighted by atomic mass is 10.1. The molecule has 3 aromatic rings. The molecule has 1 aliphatic rings. The number of halogens is 2. The first kappa shape index (κ1) is 19.2. The number of fused-ring (bicyclic) bond motifs is 1. The van der Waals surface area contributed by atoms with Gasteiger partial charge in [-0.1, -0.05) is 42.5 Å². The fraction of sp³-hybridized carbons (Fsp3) is 0.0952. The van der Waals surface area contributed by atoms with Crippen molar-refractivity contribution in [3.8, 4) is 0 Å². The second-order valence-electron chi connectivity index (χ2n) is 6.62. The monoisotopic (exact) mass is 412 g/mol. The molecular formula is C21H18F2N4OS. The molecule has 1 aliphatic heterocycles. The van der Waals surface area contributed by atoms with Crippen molar-refractivity contribution < 1.29 is 13.6 Å². The van der Waals surface area contributed by atoms with Crippen LogP contribution in [0, 0.1) is 16.4 Å². The number of benzene rings is 2. The summed E-state index contributed by atoms with van der Waals surface area (Å²) in [6.45, 7) is 0. The number of carbonyl (C=O) groups is 1. The zero-order valence-electron chi connectivity index (χ0n) is 15.4. The van der Waals surface area contributed by atoms with Gasteiger partial charge in [0, 0.05) is 30.6 Å². The van der Waals surface area contributed by atoms with Gasteiger partial charge < -0.3 is 9.88 Å². The smallest absolute Gasteiger partial charge is 0.272 e. The van der Waals surface area contributed by atoms with E-state index in [-0.39, 0.29) is 11.7 Å². The number of aromatic nitrogens is 1. The van der Waals surface area contributed by atoms with Crippen LogP contribution >= 0.6 is 0 Å². The molecule has 0 spiro atoms. The van der Waals surface area contributed by atoms with Gasteiger partial charge in [0.1, 0.15) is 5.69 Å². The fourth-order valence-electron chi connectivity index (χ4n) is 3.25. The van der Waals surface area contributed by atoms with Gasteiger partial charge in [-0.15, -0.1) is 0 Å². The van der Waals surface area contributed by atoms with Crippen LogP contribution in [0.2, 0.25) is 0 Å². The first-order valence-electron chi connectivity index (χ1n) is 8.84. The van der Waals surface area contributed by atoms with Crippen LogP contribution in [0.15, 0.2) is 65.7 Å². The molecule has 0 aliphatic carbocycles. The highest BCUT2D eigenvalue weighted by Crippen LogP contribution is 2.29. The van der Waals surface area contributed by atoms with E-state index in [0.29, 0.717) is 16.2 Å². The SMILES string of the molecule is Cn1cc2c(c1C(=O)Nc1ccc(F)c(F)c1)C=CC(c1ccccc1)NS2=N. The van der Waals surface area contributed by atoms with Crippen LogP contribution in [0.3, 0.4) is 0 Å². The number of rotatable bonds is 3. The van der Waals surface area contributed by atoms with Crippen molar-refractivity contribution in [2.24, 2.45) is 7.05 Å². The van der Waals surface area contributed by atoms with Crippen LogP contribution in [-0.2, 0) is 17.9 Å². The maximum Gasteiger partial charge on any atom is 0.272 e. The number of nitrogens with one attached hydrogen (secondary N) is 3. The Hall–Kier alpha value is -3.10. The van der Waals surface area contributed by atoms with E-state index in [1.54, 1.807) is 17.8 Å². The second kappa shape index (κ2) is 7.73. The summed E-state index contributed by atoms with van der Waals surface area (Å²) in [5, 5.41) is 2.60. The molecule has 2 atom stereocenters. The minimum Gasteiger partial charge on any atom is -0.345 e. The lowest BCUT2D eigenvalue weighted by Crippen LogP contribution is -2.20. The second-order valence-corrected chi connectivity index (χ2v) is 7.91. The van der Waals surface area contributed by atoms with Crippen LogP contribution < -0.4 is 10.0 Å². The van der Waals surface area contributed by atoms with Gasteiger partial charge in [-0.05, 0) is 28.6 Å². The van der Waals surface area contributed by atoms with Crippen molar-refractivity contribution in [2.45, 2.75) is 10.9 Å². The Morgan fingerprint density at radius 1 is 1.17 bits per heavy atom. The van der Waals surface area contributed by atoms with Gasteiger partial charge in [0.25, 0.3) is 5.91 Å². The summed E-state index contributed by atoms with van der Waals surface area (Å²) in [4.78, 5) is 13.6. The molecule has 5 nitrogen and oxygen atoms in total. The molecule has 3 N–H and O–H groups in total. The average Bonchev–Trinajstić information content (AvgIpc) is 2.96. The molecular weight excluding hydrogens is 394 g/mol. The molecule has 148 valence electrons. The largest absolute Gasteiger partial charge is 0.345 e. The van der Waals surface area contributed by atoms with Gasteiger partial charge in [-0.2, -0.15) is 0 Å². The molecule has 2 unspecified atom stereocenters. The predicted molar refractivity (Wildman–Crippen MR) is 109 cm³/mol. The van der Waals surface area contributed by atoms with E-state index in [2.05, 4.69) is 10.0 Å². The average molecular weight is 412 g/mol. The highest BCUT2D eigenvalue weighted by atomic mass is 32.2. The lowest BCUT2D eigenvalue weighted by Gasteiger charge is -2.14. The topological polar surface area (TPSA) is 69.9 Å². The summed E-state index contributed by atoms with van der Waals surface area (Å²) >= 11 is 0. The third kappa shape index (κ3) is 3.76. The summed E-state index contributed by atoms with van der Waals surface area (Å²) in [7, 11) is 0.672. The van der Waals surface area contributed by atoms with Crippen LogP contribution in [-0.4, -0.2) is 10.5 Å². The lowest BCUT2D eigenvalue weighted by molar-refractivity contribution is 0.101. The molecule has 1 aromatic heterocycles. The zero-order valence-corrected chi connectivity index (χ0v) is 16.3. The van der Waals surface area contributed by atoms with E-state index in [9.17, 15) is 13.6 Å². The maximum atomic E-state index is 13.5. The fourth-order valence-corrected chi connectivity index (χ4v) is 4.49. The zero-order chi connectivity index (χ0) is 20.5. The quantitative estimate of drug-likeness (QED) is 0.590. The maximum absolute atomic E-state index is 13.5. The molecule has 0 fully saturated rings. The van der Waals surface area contributed by atoms with Gasteiger partial charge in [0.2, 0.25) is 0 Å². The standard InChI is InChI=1S/C21H18F2N4OS/c1-27-12-19-15(8-10-18(26-29(19)24)13-5-3-2-4-6-13)20(27)21(28)25-14-7-9-16(22)17(23)11-14/h2-12,18H,1H3,(H2,24,26)(H,25,28). The Morgan fingerprint density at radius 2 is 1.93 bits per heavy atom. The van der Waals surface area contributed by atoms with Crippen molar-refractivity contribution in [1.82, 2.24) is 9.29 Å². The minimum atomic E-state index is -1.05. The van der Waals surface area contributed by atoms with Crippen molar-refractivity contribution in [2.75, 3.05) is 5.32 Å². The Bertz CT molecular complexity index is 1140. The molecule has 0 saturated carbocycles. The molecule has 8 heteroatoms. The van der Waals surface area contributed by atoms with E-state index < -0.39 is 28.4 Å². The number of hydrogen-bond acceptors (Lipinski definition) is 2. The number of anilines is 1. The van der Waals surface area contributed by atoms with Crippen LogP contribution in [0.1, 0.15) is 27.7 Å². The first-order valence-corrected chi connectivity index (χ1v) is 10.1. The van der Waals surface area contributed by atoms with Gasteiger partial charge in [0.15, 0.2) is 11.6 Å². The van der Waals surface area contributed by atoms with E-state index in [4.69, 9.17) is 4.78 Å². The Kier molecular flexibility index (Phi) is 5.12. The summed E-state index contributed by atoms with van der Waals surface area (Å²) in [6, 6.07) is 12.8. The number of aryl methyl sites for hydroxylation is 1. The number of carbonyl (C=O) groups excluding carboxylic acids is 1. The van der Waals surface area contributed by atoms with Crippen LogP contribution in [0.5, 0.6) is 0 Å². The van der Waals surface area contributed by atoms with Crippen molar-refractivity contribution in [1.29, 1.82) is 4.78 Å². The number of amides is 1. The first-order chi connectivity index (χ1) is 13.9. The molecule has 29 heavy (non-hydrogen) atoms. The molecule has 0 bridgehead atoms. The van der Waals surface area contributed by atoms with Crippen LogP contribution in [0.25, 0.3) is 6.08 Å². The van der Waals surface area contributed by atoms with Gasteiger partial charge in [-0.3, -0.25) is 9.57 Å². The Balaban J connectivity index is 1.68. The summed E-state index contributed by atoms with van der Waals surface area (Å²) in [6.07, 6.45) is 5.50. The molecule has 2 aromatic carbocycles. The molecule has 0 radical (unpaired) electrons. The predicted octanol–water partition coefficient (Wildman–Crippen LogP) is 4.57. The van der Waals surface area contributed by atoms with E-state index >= 15 is 0 Å². The molecule has 1 amide bonds. The Labute approximate surface area is 169 Å². The summed E-state index contributed by atoms with van der Waals surface area (Å²) in [5.41, 5.74) is 2.17.